The molecule has 3 N–H and O–H groups in total. The number of likely N-dealkylation sites (tertiary alicyclic amines) is 1. The number of nitrogens with zero attached hydrogens (tertiary/aromatic N) is 2. The number of Topliss-reactive ketones (excluding diaryl/α,β-unsaturated/α-hetero) is 1. The zero-order valence-electron chi connectivity index (χ0n) is 12.0. The summed E-state index contributed by atoms with van der Waals surface area (Å²) in [5.74, 6) is 1.12. The average molecular weight is 296 g/mol. The van der Waals surface area contributed by atoms with E-state index in [1.165, 1.54) is 0 Å². The van der Waals surface area contributed by atoms with Gasteiger partial charge >= 0.3 is 0 Å². The zero-order chi connectivity index (χ0) is 15.3. The SMILES string of the molecule is Nc1[nH]c(=O)c2ccccc2c1C(=O)[C@@H]1CCCN1C1=NC1. The predicted molar refractivity (Wildman–Crippen MR) is 85.3 cm³/mol. The van der Waals surface area contributed by atoms with E-state index in [4.69, 9.17) is 5.73 Å². The second-order valence-electron chi connectivity index (χ2n) is 5.74. The Morgan fingerprint density at radius 3 is 2.77 bits per heavy atom. The highest BCUT2D eigenvalue weighted by atomic mass is 16.1. The molecule has 2 aliphatic heterocycles. The van der Waals surface area contributed by atoms with Crippen molar-refractivity contribution >= 4 is 28.2 Å². The predicted octanol–water partition coefficient (Wildman–Crippen LogP) is 1.17. The molecule has 0 spiro atoms. The van der Waals surface area contributed by atoms with Gasteiger partial charge in [0.25, 0.3) is 5.56 Å². The summed E-state index contributed by atoms with van der Waals surface area (Å²) in [6, 6.07) is 6.86. The summed E-state index contributed by atoms with van der Waals surface area (Å²) in [5, 5.41) is 1.12. The van der Waals surface area contributed by atoms with Crippen LogP contribution in [-0.2, 0) is 0 Å². The van der Waals surface area contributed by atoms with Crippen LogP contribution in [0, 0.1) is 0 Å². The second-order valence-corrected chi connectivity index (χ2v) is 5.74. The molecule has 2 aromatic rings. The Hall–Kier alpha value is -2.63. The van der Waals surface area contributed by atoms with Crippen LogP contribution in [0.1, 0.15) is 23.2 Å². The zero-order valence-corrected chi connectivity index (χ0v) is 12.0. The lowest BCUT2D eigenvalue weighted by Gasteiger charge is -2.22. The van der Waals surface area contributed by atoms with Gasteiger partial charge in [0.2, 0.25) is 0 Å². The number of H-pyrrole nitrogens is 1. The second kappa shape index (κ2) is 4.69. The van der Waals surface area contributed by atoms with Crippen LogP contribution < -0.4 is 11.3 Å². The molecule has 6 heteroatoms. The summed E-state index contributed by atoms with van der Waals surface area (Å²) in [4.78, 5) is 33.9. The minimum atomic E-state index is -0.264. The first-order valence-corrected chi connectivity index (χ1v) is 7.41. The number of ketones is 1. The van der Waals surface area contributed by atoms with Gasteiger partial charge in [0.1, 0.15) is 11.7 Å². The number of nitrogen functional groups attached to an aromatic ring is 1. The number of aromatic amines is 1. The highest BCUT2D eigenvalue weighted by molar-refractivity contribution is 6.15. The molecule has 0 aliphatic carbocycles. The Bertz CT molecular complexity index is 868. The first-order valence-electron chi connectivity index (χ1n) is 7.41. The third-order valence-corrected chi connectivity index (χ3v) is 4.39. The molecule has 22 heavy (non-hydrogen) atoms. The quantitative estimate of drug-likeness (QED) is 0.814. The number of pyridine rings is 1. The van der Waals surface area contributed by atoms with Crippen LogP contribution in [0.3, 0.4) is 0 Å². The van der Waals surface area contributed by atoms with Gasteiger partial charge in [0, 0.05) is 17.3 Å². The summed E-state index contributed by atoms with van der Waals surface area (Å²) in [5.41, 5.74) is 6.13. The van der Waals surface area contributed by atoms with Gasteiger partial charge in [-0.1, -0.05) is 18.2 Å². The van der Waals surface area contributed by atoms with Crippen LogP contribution in [0.25, 0.3) is 10.8 Å². The topological polar surface area (TPSA) is 91.5 Å². The molecule has 0 radical (unpaired) electrons. The Kier molecular flexibility index (Phi) is 2.79. The molecule has 0 bridgehead atoms. The van der Waals surface area contributed by atoms with Crippen molar-refractivity contribution in [1.82, 2.24) is 9.88 Å². The minimum Gasteiger partial charge on any atom is -0.385 e. The fraction of sp³-hybridized carbons (Fsp3) is 0.312. The molecule has 1 aromatic heterocycles. The van der Waals surface area contributed by atoms with Crippen LogP contribution in [0.15, 0.2) is 34.1 Å². The van der Waals surface area contributed by atoms with E-state index in [1.807, 2.05) is 6.07 Å². The number of fused-ring (bicyclic) bond motifs is 1. The highest BCUT2D eigenvalue weighted by Crippen LogP contribution is 2.28. The summed E-state index contributed by atoms with van der Waals surface area (Å²) < 4.78 is 0. The molecular weight excluding hydrogens is 280 g/mol. The van der Waals surface area contributed by atoms with E-state index in [0.29, 0.717) is 16.3 Å². The number of carbonyl (C=O) groups is 1. The Morgan fingerprint density at radius 2 is 2.05 bits per heavy atom. The third-order valence-electron chi connectivity index (χ3n) is 4.39. The van der Waals surface area contributed by atoms with Crippen LogP contribution in [0.4, 0.5) is 5.82 Å². The number of carbonyl (C=O) groups excluding carboxylic acids is 1. The largest absolute Gasteiger partial charge is 0.385 e. The molecule has 6 nitrogen and oxygen atoms in total. The molecule has 1 atom stereocenters. The van der Waals surface area contributed by atoms with Gasteiger partial charge in [-0.15, -0.1) is 0 Å². The van der Waals surface area contributed by atoms with Crippen LogP contribution in [-0.4, -0.2) is 40.6 Å². The molecule has 4 rings (SSSR count). The molecule has 3 heterocycles. The smallest absolute Gasteiger partial charge is 0.257 e. The molecule has 0 unspecified atom stereocenters. The lowest BCUT2D eigenvalue weighted by molar-refractivity contribution is 0.0917. The van der Waals surface area contributed by atoms with Crippen molar-refractivity contribution in [2.75, 3.05) is 18.8 Å². The maximum atomic E-state index is 13.0. The van der Waals surface area contributed by atoms with Gasteiger partial charge in [-0.3, -0.25) is 14.6 Å². The molecule has 1 aromatic carbocycles. The fourth-order valence-electron chi connectivity index (χ4n) is 3.29. The van der Waals surface area contributed by atoms with Crippen LogP contribution in [0.5, 0.6) is 0 Å². The number of hydrogen-bond donors (Lipinski definition) is 2. The van der Waals surface area contributed by atoms with E-state index < -0.39 is 0 Å². The molecule has 1 saturated heterocycles. The van der Waals surface area contributed by atoms with Gasteiger partial charge in [0.05, 0.1) is 18.2 Å². The van der Waals surface area contributed by atoms with Crippen molar-refractivity contribution in [3.05, 3.63) is 40.2 Å². The summed E-state index contributed by atoms with van der Waals surface area (Å²) in [6.07, 6.45) is 1.77. The molecular formula is C16H16N4O2. The average Bonchev–Trinajstić information content (AvgIpc) is 3.24. The lowest BCUT2D eigenvalue weighted by atomic mass is 9.97. The van der Waals surface area contributed by atoms with Gasteiger partial charge in [0.15, 0.2) is 5.78 Å². The van der Waals surface area contributed by atoms with E-state index in [0.717, 1.165) is 31.8 Å². The number of benzene rings is 1. The lowest BCUT2D eigenvalue weighted by Crippen LogP contribution is -2.38. The minimum absolute atomic E-state index is 0.0305. The molecule has 0 amide bonds. The molecule has 2 aliphatic rings. The van der Waals surface area contributed by atoms with Crippen LogP contribution in [0.2, 0.25) is 0 Å². The normalized spacial score (nSPS) is 20.3. The standard InChI is InChI=1S/C16H16N4O2/c17-15-13(9-4-1-2-5-10(9)16(22)19-15)14(21)11-6-3-7-20(11)12-8-18-12/h1-2,4-5,11H,3,6-8H2,(H3,17,19,22)/t11-/m0/s1. The Labute approximate surface area is 126 Å². The van der Waals surface area contributed by atoms with Crippen molar-refractivity contribution in [3.63, 3.8) is 0 Å². The molecule has 1 fully saturated rings. The van der Waals surface area contributed by atoms with Gasteiger partial charge in [-0.2, -0.15) is 0 Å². The fourth-order valence-corrected chi connectivity index (χ4v) is 3.29. The van der Waals surface area contributed by atoms with E-state index in [9.17, 15) is 9.59 Å². The van der Waals surface area contributed by atoms with Crippen LogP contribution >= 0.6 is 0 Å². The van der Waals surface area contributed by atoms with Crippen molar-refractivity contribution in [3.8, 4) is 0 Å². The van der Waals surface area contributed by atoms with E-state index >= 15 is 0 Å². The number of anilines is 1. The van der Waals surface area contributed by atoms with Crippen molar-refractivity contribution < 1.29 is 4.79 Å². The van der Waals surface area contributed by atoms with Crippen molar-refractivity contribution in [2.24, 2.45) is 4.99 Å². The monoisotopic (exact) mass is 296 g/mol. The first-order chi connectivity index (χ1) is 10.7. The van der Waals surface area contributed by atoms with Gasteiger partial charge < -0.3 is 15.6 Å². The van der Waals surface area contributed by atoms with Gasteiger partial charge in [-0.25, -0.2) is 0 Å². The summed E-state index contributed by atoms with van der Waals surface area (Å²) in [6.45, 7) is 1.59. The number of aliphatic imine (C=N–C) groups is 1. The number of hydrogen-bond acceptors (Lipinski definition) is 5. The van der Waals surface area contributed by atoms with Gasteiger partial charge in [-0.05, 0) is 18.9 Å². The van der Waals surface area contributed by atoms with E-state index in [2.05, 4.69) is 14.9 Å². The van der Waals surface area contributed by atoms with E-state index in [-0.39, 0.29) is 23.2 Å². The number of aromatic nitrogens is 1. The maximum Gasteiger partial charge on any atom is 0.257 e. The number of rotatable bonds is 2. The number of nitrogens with two attached hydrogens (primary N) is 1. The molecule has 0 saturated carbocycles. The van der Waals surface area contributed by atoms with E-state index in [1.54, 1.807) is 18.2 Å². The number of amidine groups is 1. The highest BCUT2D eigenvalue weighted by Gasteiger charge is 2.37. The first kappa shape index (κ1) is 13.1. The van der Waals surface area contributed by atoms with Crippen molar-refractivity contribution in [2.45, 2.75) is 18.9 Å². The third kappa shape index (κ3) is 1.91. The Morgan fingerprint density at radius 1 is 1.32 bits per heavy atom. The summed E-state index contributed by atoms with van der Waals surface area (Å²) in [7, 11) is 0. The van der Waals surface area contributed by atoms with Crippen molar-refractivity contribution in [1.29, 1.82) is 0 Å². The Balaban J connectivity index is 1.85. The molecule has 112 valence electrons. The summed E-state index contributed by atoms with van der Waals surface area (Å²) >= 11 is 0. The number of nitrogens with one attached hydrogen (secondary N) is 1. The maximum absolute atomic E-state index is 13.0.